The summed E-state index contributed by atoms with van der Waals surface area (Å²) in [5.41, 5.74) is 1.43. The highest BCUT2D eigenvalue weighted by Crippen LogP contribution is 2.37. The van der Waals surface area contributed by atoms with Gasteiger partial charge in [0, 0.05) is 11.1 Å². The van der Waals surface area contributed by atoms with E-state index in [0.29, 0.717) is 21.8 Å². The van der Waals surface area contributed by atoms with E-state index in [4.69, 9.17) is 0 Å². The first-order valence-corrected chi connectivity index (χ1v) is 9.79. The van der Waals surface area contributed by atoms with Crippen molar-refractivity contribution in [2.24, 2.45) is 0 Å². The third kappa shape index (κ3) is 2.20. The van der Waals surface area contributed by atoms with Gasteiger partial charge in [-0.05, 0) is 32.3 Å². The summed E-state index contributed by atoms with van der Waals surface area (Å²) in [5, 5.41) is 6.75. The molecule has 0 radical (unpaired) electrons. The Balaban J connectivity index is 2.21. The Labute approximate surface area is 155 Å². The molecule has 0 saturated carbocycles. The Morgan fingerprint density at radius 2 is 1.00 bits per heavy atom. The van der Waals surface area contributed by atoms with Gasteiger partial charge in [0.25, 0.3) is 0 Å². The Morgan fingerprint density at radius 1 is 0.625 bits per heavy atom. The molecule has 24 heavy (non-hydrogen) atoms. The SMILES string of the molecule is O=C(CBr)c1ccc2ccc3c(C(=O)CBr)ccc4ccc1c2c43. The molecule has 4 aromatic rings. The van der Waals surface area contributed by atoms with Gasteiger partial charge in [0.1, 0.15) is 0 Å². The largest absolute Gasteiger partial charge is 0.293 e. The van der Waals surface area contributed by atoms with Gasteiger partial charge in [-0.25, -0.2) is 0 Å². The standard InChI is InChI=1S/C20H12Br2O2/c21-9-17(23)13-5-1-11-3-7-16-14(18(24)10-22)6-2-12-4-8-15(13)19(11)20(12)16/h1-8H,9-10H2. The lowest BCUT2D eigenvalue weighted by atomic mass is 9.89. The minimum absolute atomic E-state index is 0.0599. The molecule has 0 heterocycles. The second-order valence-electron chi connectivity index (χ2n) is 5.76. The van der Waals surface area contributed by atoms with Gasteiger partial charge >= 0.3 is 0 Å². The van der Waals surface area contributed by atoms with Crippen LogP contribution >= 0.6 is 31.9 Å². The van der Waals surface area contributed by atoms with Crippen molar-refractivity contribution in [2.45, 2.75) is 0 Å². The van der Waals surface area contributed by atoms with Crippen molar-refractivity contribution in [3.05, 3.63) is 59.7 Å². The van der Waals surface area contributed by atoms with Crippen LogP contribution in [0.1, 0.15) is 20.7 Å². The van der Waals surface area contributed by atoms with E-state index in [1.54, 1.807) is 0 Å². The minimum atomic E-state index is 0.0599. The molecule has 0 fully saturated rings. The zero-order valence-corrected chi connectivity index (χ0v) is 15.8. The zero-order valence-electron chi connectivity index (χ0n) is 12.6. The smallest absolute Gasteiger partial charge is 0.173 e. The van der Waals surface area contributed by atoms with Crippen molar-refractivity contribution in [3.63, 3.8) is 0 Å². The molecule has 0 aliphatic heterocycles. The van der Waals surface area contributed by atoms with Crippen molar-refractivity contribution in [3.8, 4) is 0 Å². The minimum Gasteiger partial charge on any atom is -0.293 e. The number of ketones is 2. The Hall–Kier alpha value is -1.78. The van der Waals surface area contributed by atoms with E-state index in [1.807, 2.05) is 48.5 Å². The maximum absolute atomic E-state index is 12.3. The number of carbonyl (C=O) groups is 2. The van der Waals surface area contributed by atoms with Crippen molar-refractivity contribution >= 4 is 75.7 Å². The van der Waals surface area contributed by atoms with E-state index in [1.165, 1.54) is 0 Å². The maximum Gasteiger partial charge on any atom is 0.173 e. The Morgan fingerprint density at radius 3 is 1.38 bits per heavy atom. The van der Waals surface area contributed by atoms with Crippen molar-refractivity contribution in [1.29, 1.82) is 0 Å². The number of hydrogen-bond acceptors (Lipinski definition) is 2. The van der Waals surface area contributed by atoms with E-state index < -0.39 is 0 Å². The van der Waals surface area contributed by atoms with E-state index in [0.717, 1.165) is 32.3 Å². The molecule has 0 aliphatic carbocycles. The van der Waals surface area contributed by atoms with Gasteiger partial charge in [0.2, 0.25) is 0 Å². The summed E-state index contributed by atoms with van der Waals surface area (Å²) in [5.74, 6) is 0.120. The van der Waals surface area contributed by atoms with E-state index in [-0.39, 0.29) is 11.6 Å². The Kier molecular flexibility index (Phi) is 3.89. The van der Waals surface area contributed by atoms with E-state index >= 15 is 0 Å². The predicted molar refractivity (Wildman–Crippen MR) is 106 cm³/mol. The van der Waals surface area contributed by atoms with Crippen LogP contribution in [0.25, 0.3) is 32.3 Å². The topological polar surface area (TPSA) is 34.1 Å². The monoisotopic (exact) mass is 442 g/mol. The molecule has 0 atom stereocenters. The highest BCUT2D eigenvalue weighted by molar-refractivity contribution is 9.09. The molecule has 4 aromatic carbocycles. The van der Waals surface area contributed by atoms with E-state index in [2.05, 4.69) is 31.9 Å². The zero-order chi connectivity index (χ0) is 16.8. The first-order valence-electron chi connectivity index (χ1n) is 7.54. The highest BCUT2D eigenvalue weighted by Gasteiger charge is 2.17. The molecule has 2 nitrogen and oxygen atoms in total. The second kappa shape index (κ2) is 5.94. The second-order valence-corrected chi connectivity index (χ2v) is 6.88. The number of benzene rings is 4. The van der Waals surface area contributed by atoms with Crippen LogP contribution in [0, 0.1) is 0 Å². The molecule has 118 valence electrons. The molecule has 0 unspecified atom stereocenters. The number of hydrogen-bond donors (Lipinski definition) is 0. The summed E-state index contributed by atoms with van der Waals surface area (Å²) < 4.78 is 0. The molecule has 4 heteroatoms. The number of carbonyl (C=O) groups excluding carboxylic acids is 2. The molecule has 0 amide bonds. The first-order chi connectivity index (χ1) is 11.7. The van der Waals surface area contributed by atoms with Gasteiger partial charge in [0.15, 0.2) is 11.6 Å². The van der Waals surface area contributed by atoms with Crippen molar-refractivity contribution in [2.75, 3.05) is 10.7 Å². The number of rotatable bonds is 4. The van der Waals surface area contributed by atoms with Gasteiger partial charge in [-0.15, -0.1) is 0 Å². The molecule has 0 spiro atoms. The van der Waals surface area contributed by atoms with Gasteiger partial charge in [0.05, 0.1) is 10.7 Å². The van der Waals surface area contributed by atoms with Gasteiger partial charge in [-0.1, -0.05) is 80.4 Å². The molecular formula is C20H12Br2O2. The van der Waals surface area contributed by atoms with Crippen LogP contribution in [-0.2, 0) is 0 Å². The van der Waals surface area contributed by atoms with Crippen LogP contribution in [0.2, 0.25) is 0 Å². The molecule has 0 saturated heterocycles. The average molecular weight is 444 g/mol. The number of alkyl halides is 2. The van der Waals surface area contributed by atoms with Gasteiger partial charge in [-0.2, -0.15) is 0 Å². The fourth-order valence-electron chi connectivity index (χ4n) is 3.43. The molecule has 0 aromatic heterocycles. The molecule has 0 N–H and O–H groups in total. The first kappa shape index (κ1) is 15.7. The summed E-state index contributed by atoms with van der Waals surface area (Å²) in [6.45, 7) is 0. The molecule has 0 aliphatic rings. The summed E-state index contributed by atoms with van der Waals surface area (Å²) in [4.78, 5) is 24.5. The van der Waals surface area contributed by atoms with Crippen LogP contribution < -0.4 is 0 Å². The third-order valence-corrected chi connectivity index (χ3v) is 5.53. The third-order valence-electron chi connectivity index (χ3n) is 4.51. The Bertz CT molecular complexity index is 1030. The molecular weight excluding hydrogens is 432 g/mol. The van der Waals surface area contributed by atoms with Crippen LogP contribution in [0.3, 0.4) is 0 Å². The van der Waals surface area contributed by atoms with Gasteiger partial charge < -0.3 is 0 Å². The van der Waals surface area contributed by atoms with Crippen molar-refractivity contribution < 1.29 is 9.59 Å². The summed E-state index contributed by atoms with van der Waals surface area (Å²) in [6.07, 6.45) is 0. The fraction of sp³-hybridized carbons (Fsp3) is 0.100. The normalized spacial score (nSPS) is 11.6. The average Bonchev–Trinajstić information content (AvgIpc) is 2.64. The van der Waals surface area contributed by atoms with E-state index in [9.17, 15) is 9.59 Å². The lowest BCUT2D eigenvalue weighted by Gasteiger charge is -2.14. The fourth-order valence-corrected chi connectivity index (χ4v) is 4.04. The lowest BCUT2D eigenvalue weighted by molar-refractivity contribution is 0.101. The van der Waals surface area contributed by atoms with Crippen LogP contribution in [-0.4, -0.2) is 22.2 Å². The molecule has 4 rings (SSSR count). The number of Topliss-reactive ketones (excluding diaryl/α,β-unsaturated/α-hetero) is 2. The summed E-state index contributed by atoms with van der Waals surface area (Å²) in [7, 11) is 0. The highest BCUT2D eigenvalue weighted by atomic mass is 79.9. The maximum atomic E-state index is 12.3. The van der Waals surface area contributed by atoms with Crippen LogP contribution in [0.5, 0.6) is 0 Å². The lowest BCUT2D eigenvalue weighted by Crippen LogP contribution is -2.03. The number of halogens is 2. The van der Waals surface area contributed by atoms with Crippen LogP contribution in [0.15, 0.2) is 48.5 Å². The van der Waals surface area contributed by atoms with Gasteiger partial charge in [-0.3, -0.25) is 9.59 Å². The summed E-state index contributed by atoms with van der Waals surface area (Å²) in [6, 6.07) is 15.8. The predicted octanol–water partition coefficient (Wildman–Crippen LogP) is 5.74. The summed E-state index contributed by atoms with van der Waals surface area (Å²) >= 11 is 6.52. The van der Waals surface area contributed by atoms with Crippen LogP contribution in [0.4, 0.5) is 0 Å². The quantitative estimate of drug-likeness (QED) is 0.229. The van der Waals surface area contributed by atoms with Crippen molar-refractivity contribution in [1.82, 2.24) is 0 Å². The molecule has 0 bridgehead atoms.